The van der Waals surface area contributed by atoms with Crippen LogP contribution < -0.4 is 19.5 Å². The van der Waals surface area contributed by atoms with E-state index < -0.39 is 10.0 Å². The summed E-state index contributed by atoms with van der Waals surface area (Å²) in [5.74, 6) is 1.54. The van der Waals surface area contributed by atoms with Crippen molar-refractivity contribution >= 4 is 10.0 Å². The molecule has 0 atom stereocenters. The third-order valence-electron chi connectivity index (χ3n) is 6.36. The van der Waals surface area contributed by atoms with Gasteiger partial charge in [0.2, 0.25) is 10.0 Å². The normalized spacial score (nSPS) is 16.3. The maximum absolute atomic E-state index is 12.7. The number of hydrogen-bond acceptors (Lipinski definition) is 6. The first-order chi connectivity index (χ1) is 15.5. The van der Waals surface area contributed by atoms with Crippen molar-refractivity contribution < 1.29 is 17.9 Å². The summed E-state index contributed by atoms with van der Waals surface area (Å²) in [6.45, 7) is 4.98. The smallest absolute Gasteiger partial charge is 0.240 e. The van der Waals surface area contributed by atoms with Crippen LogP contribution in [0.5, 0.6) is 11.5 Å². The second-order valence-electron chi connectivity index (χ2n) is 8.46. The lowest BCUT2D eigenvalue weighted by atomic mass is 9.98. The highest BCUT2D eigenvalue weighted by Crippen LogP contribution is 2.33. The van der Waals surface area contributed by atoms with E-state index in [1.54, 1.807) is 20.3 Å². The van der Waals surface area contributed by atoms with E-state index in [2.05, 4.69) is 27.1 Å². The average molecular weight is 460 g/mol. The van der Waals surface area contributed by atoms with Crippen molar-refractivity contribution in [1.29, 1.82) is 0 Å². The molecule has 0 fully saturated rings. The molecule has 2 aromatic carbocycles. The molecule has 0 radical (unpaired) electrons. The van der Waals surface area contributed by atoms with Crippen molar-refractivity contribution in [2.75, 3.05) is 40.4 Å². The number of methoxy groups -OCH3 is 2. The first-order valence-corrected chi connectivity index (χ1v) is 12.8. The Balaban J connectivity index is 1.24. The van der Waals surface area contributed by atoms with Crippen LogP contribution in [0.25, 0.3) is 0 Å². The first-order valence-electron chi connectivity index (χ1n) is 11.3. The van der Waals surface area contributed by atoms with Gasteiger partial charge in [0.05, 0.1) is 19.1 Å². The Bertz CT molecular complexity index is 1060. The Morgan fingerprint density at radius 1 is 0.969 bits per heavy atom. The van der Waals surface area contributed by atoms with Crippen LogP contribution in [0.1, 0.15) is 35.1 Å². The molecule has 0 aromatic heterocycles. The fourth-order valence-electron chi connectivity index (χ4n) is 4.50. The molecule has 0 amide bonds. The van der Waals surface area contributed by atoms with Crippen molar-refractivity contribution in [3.63, 3.8) is 0 Å². The van der Waals surface area contributed by atoms with Crippen molar-refractivity contribution in [3.8, 4) is 11.5 Å². The van der Waals surface area contributed by atoms with Crippen molar-refractivity contribution in [2.24, 2.45) is 0 Å². The quantitative estimate of drug-likeness (QED) is 0.561. The van der Waals surface area contributed by atoms with Crippen LogP contribution >= 0.6 is 0 Å². The molecule has 0 saturated heterocycles. The van der Waals surface area contributed by atoms with Gasteiger partial charge in [0.1, 0.15) is 0 Å². The number of benzene rings is 2. The van der Waals surface area contributed by atoms with Crippen LogP contribution in [0.3, 0.4) is 0 Å². The van der Waals surface area contributed by atoms with E-state index in [4.69, 9.17) is 9.47 Å². The maximum Gasteiger partial charge on any atom is 0.240 e. The van der Waals surface area contributed by atoms with Gasteiger partial charge in [0.15, 0.2) is 11.5 Å². The molecular formula is C24H33N3O4S. The molecule has 2 aliphatic heterocycles. The molecule has 8 heteroatoms. The zero-order valence-electron chi connectivity index (χ0n) is 18.9. The van der Waals surface area contributed by atoms with Gasteiger partial charge in [0.25, 0.3) is 0 Å². The highest BCUT2D eigenvalue weighted by Gasteiger charge is 2.20. The van der Waals surface area contributed by atoms with Crippen molar-refractivity contribution in [2.45, 2.75) is 43.7 Å². The molecule has 2 aliphatic rings. The third kappa shape index (κ3) is 5.26. The van der Waals surface area contributed by atoms with Gasteiger partial charge >= 0.3 is 0 Å². The molecule has 0 saturated carbocycles. The van der Waals surface area contributed by atoms with Gasteiger partial charge < -0.3 is 14.8 Å². The molecule has 32 heavy (non-hydrogen) atoms. The molecule has 4 rings (SSSR count). The molecule has 0 spiro atoms. The topological polar surface area (TPSA) is 79.9 Å². The average Bonchev–Trinajstić information content (AvgIpc) is 2.82. The van der Waals surface area contributed by atoms with Crippen molar-refractivity contribution in [3.05, 3.63) is 52.6 Å². The molecule has 7 nitrogen and oxygen atoms in total. The minimum absolute atomic E-state index is 0.371. The summed E-state index contributed by atoms with van der Waals surface area (Å²) in [6.07, 6.45) is 3.61. The van der Waals surface area contributed by atoms with E-state index in [0.717, 1.165) is 75.5 Å². The van der Waals surface area contributed by atoms with E-state index in [0.29, 0.717) is 11.4 Å². The number of unbranched alkanes of at least 4 members (excludes halogenated alkanes) is 1. The van der Waals surface area contributed by atoms with E-state index in [1.165, 1.54) is 16.7 Å². The van der Waals surface area contributed by atoms with E-state index in [1.807, 2.05) is 12.1 Å². The molecule has 2 N–H and O–H groups in total. The minimum Gasteiger partial charge on any atom is -0.493 e. The Hall–Kier alpha value is -2.13. The summed E-state index contributed by atoms with van der Waals surface area (Å²) in [5.41, 5.74) is 4.91. The fourth-order valence-corrected chi connectivity index (χ4v) is 5.63. The van der Waals surface area contributed by atoms with Gasteiger partial charge in [-0.05, 0) is 85.3 Å². The van der Waals surface area contributed by atoms with E-state index >= 15 is 0 Å². The van der Waals surface area contributed by atoms with Crippen LogP contribution in [-0.2, 0) is 36.0 Å². The monoisotopic (exact) mass is 459 g/mol. The zero-order valence-corrected chi connectivity index (χ0v) is 19.8. The summed E-state index contributed by atoms with van der Waals surface area (Å²) in [4.78, 5) is 2.79. The molecule has 0 aliphatic carbocycles. The predicted molar refractivity (Wildman–Crippen MR) is 125 cm³/mol. The second kappa shape index (κ2) is 10.2. The van der Waals surface area contributed by atoms with E-state index in [-0.39, 0.29) is 0 Å². The first kappa shape index (κ1) is 23.0. The van der Waals surface area contributed by atoms with Gasteiger partial charge in [0, 0.05) is 26.2 Å². The van der Waals surface area contributed by atoms with Gasteiger partial charge in [-0.15, -0.1) is 0 Å². The van der Waals surface area contributed by atoms with Gasteiger partial charge in [-0.25, -0.2) is 13.1 Å². The van der Waals surface area contributed by atoms with E-state index in [9.17, 15) is 8.42 Å². The molecule has 174 valence electrons. The SMILES string of the molecule is COc1cc2c(cc1OC)CN(CCCCNS(=O)(=O)c1ccc3c(c1)CCNC3)CC2. The number of nitrogens with one attached hydrogen (secondary N) is 2. The van der Waals surface area contributed by atoms with Crippen LogP contribution in [0, 0.1) is 0 Å². The Morgan fingerprint density at radius 2 is 1.72 bits per heavy atom. The van der Waals surface area contributed by atoms with Gasteiger partial charge in [-0.2, -0.15) is 0 Å². The predicted octanol–water partition coefficient (Wildman–Crippen LogP) is 2.47. The zero-order chi connectivity index (χ0) is 22.6. The largest absolute Gasteiger partial charge is 0.493 e. The lowest BCUT2D eigenvalue weighted by Crippen LogP contribution is -2.32. The highest BCUT2D eigenvalue weighted by atomic mass is 32.2. The number of nitrogens with zero attached hydrogens (tertiary/aromatic N) is 1. The summed E-state index contributed by atoms with van der Waals surface area (Å²) in [5, 5.41) is 3.31. The number of fused-ring (bicyclic) bond motifs is 2. The highest BCUT2D eigenvalue weighted by molar-refractivity contribution is 7.89. The third-order valence-corrected chi connectivity index (χ3v) is 7.82. The molecule has 2 heterocycles. The summed E-state index contributed by atoms with van der Waals surface area (Å²) in [7, 11) is -0.140. The number of sulfonamides is 1. The summed E-state index contributed by atoms with van der Waals surface area (Å²) >= 11 is 0. The van der Waals surface area contributed by atoms with Gasteiger partial charge in [-0.3, -0.25) is 4.90 Å². The standard InChI is InChI=1S/C24H33N3O4S/c1-30-23-14-19-8-12-27(17-21(19)15-24(23)31-2)11-4-3-9-26-32(28,29)22-6-5-20-16-25-10-7-18(20)13-22/h5-6,13-15,25-26H,3-4,7-12,16-17H2,1-2H3. The number of ether oxygens (including phenoxy) is 2. The van der Waals surface area contributed by atoms with Gasteiger partial charge in [-0.1, -0.05) is 6.07 Å². The molecule has 0 unspecified atom stereocenters. The fraction of sp³-hybridized carbons (Fsp3) is 0.500. The Kier molecular flexibility index (Phi) is 7.35. The second-order valence-corrected chi connectivity index (χ2v) is 10.2. The van der Waals surface area contributed by atoms with Crippen molar-refractivity contribution in [1.82, 2.24) is 14.9 Å². The Morgan fingerprint density at radius 3 is 2.50 bits per heavy atom. The molecule has 2 aromatic rings. The summed E-state index contributed by atoms with van der Waals surface area (Å²) in [6, 6.07) is 9.62. The van der Waals surface area contributed by atoms with Crippen LogP contribution in [0.15, 0.2) is 35.2 Å². The lowest BCUT2D eigenvalue weighted by molar-refractivity contribution is 0.248. The molecular weight excluding hydrogens is 426 g/mol. The minimum atomic E-state index is -3.46. The van der Waals surface area contributed by atoms with Crippen LogP contribution in [0.4, 0.5) is 0 Å². The maximum atomic E-state index is 12.7. The lowest BCUT2D eigenvalue weighted by Gasteiger charge is -2.29. The van der Waals surface area contributed by atoms with Crippen LogP contribution in [-0.4, -0.2) is 53.7 Å². The summed E-state index contributed by atoms with van der Waals surface area (Å²) < 4.78 is 39.0. The van der Waals surface area contributed by atoms with Crippen LogP contribution in [0.2, 0.25) is 0 Å². The Labute approximate surface area is 191 Å². The molecule has 0 bridgehead atoms. The number of hydrogen-bond donors (Lipinski definition) is 2. The number of rotatable bonds is 9.